The zero-order chi connectivity index (χ0) is 18.2. The first-order valence-electron chi connectivity index (χ1n) is 7.69. The molecular formula is C16H21N3O4S2. The second-order valence-electron chi connectivity index (χ2n) is 6.64. The van der Waals surface area contributed by atoms with Gasteiger partial charge in [0.15, 0.2) is 0 Å². The molecule has 3 heterocycles. The Morgan fingerprint density at radius 2 is 2.20 bits per heavy atom. The molecule has 0 saturated heterocycles. The largest absolute Gasteiger partial charge is 0.474 e. The number of amides is 1. The maximum absolute atomic E-state index is 12.9. The van der Waals surface area contributed by atoms with Gasteiger partial charge in [0.25, 0.3) is 15.9 Å². The van der Waals surface area contributed by atoms with E-state index in [0.29, 0.717) is 0 Å². The number of thiophene rings is 1. The molecule has 1 amide bonds. The van der Waals surface area contributed by atoms with Crippen LogP contribution in [0.25, 0.3) is 0 Å². The Balaban J connectivity index is 0.00000243. The van der Waals surface area contributed by atoms with Crippen molar-refractivity contribution in [1.29, 1.82) is 0 Å². The number of anilines is 1. The molecule has 0 aromatic carbocycles. The standard InChI is InChI=1S/C16H19N3O4S2.H2/c1-16(2,3)18-14(20)11-8-13-15(17-9-11)23-6-5-19(13)25(21,22)12-4-7-24-10-12;/h4,7-10H,5-6H2,1-3H3,(H,18,20);1H. The van der Waals surface area contributed by atoms with Gasteiger partial charge in [-0.1, -0.05) is 0 Å². The van der Waals surface area contributed by atoms with Crippen LogP contribution in [0.4, 0.5) is 5.69 Å². The van der Waals surface area contributed by atoms with Crippen LogP contribution >= 0.6 is 11.3 Å². The molecule has 2 aromatic rings. The van der Waals surface area contributed by atoms with Gasteiger partial charge < -0.3 is 10.1 Å². The summed E-state index contributed by atoms with van der Waals surface area (Å²) in [4.78, 5) is 16.7. The molecule has 1 N–H and O–H groups in total. The smallest absolute Gasteiger partial charge is 0.265 e. The molecule has 0 fully saturated rings. The van der Waals surface area contributed by atoms with Crippen LogP contribution in [0.5, 0.6) is 5.88 Å². The molecule has 0 atom stereocenters. The van der Waals surface area contributed by atoms with Crippen LogP contribution in [-0.2, 0) is 10.0 Å². The lowest BCUT2D eigenvalue weighted by molar-refractivity contribution is 0.0919. The van der Waals surface area contributed by atoms with E-state index in [0.717, 1.165) is 0 Å². The topological polar surface area (TPSA) is 88.6 Å². The number of carbonyl (C=O) groups excluding carboxylic acids is 1. The van der Waals surface area contributed by atoms with Crippen molar-refractivity contribution in [2.45, 2.75) is 31.2 Å². The first-order chi connectivity index (χ1) is 11.7. The van der Waals surface area contributed by atoms with E-state index in [2.05, 4.69) is 10.3 Å². The van der Waals surface area contributed by atoms with Crippen LogP contribution in [0.2, 0.25) is 0 Å². The number of hydrogen-bond acceptors (Lipinski definition) is 6. The van der Waals surface area contributed by atoms with Crippen molar-refractivity contribution in [2.75, 3.05) is 17.5 Å². The maximum Gasteiger partial charge on any atom is 0.265 e. The van der Waals surface area contributed by atoms with E-state index in [1.54, 1.807) is 16.8 Å². The van der Waals surface area contributed by atoms with Crippen molar-refractivity contribution in [3.8, 4) is 5.88 Å². The van der Waals surface area contributed by atoms with E-state index >= 15 is 0 Å². The predicted molar refractivity (Wildman–Crippen MR) is 97.9 cm³/mol. The summed E-state index contributed by atoms with van der Waals surface area (Å²) in [5.41, 5.74) is 0.148. The van der Waals surface area contributed by atoms with Crippen LogP contribution in [0.1, 0.15) is 32.6 Å². The third-order valence-electron chi connectivity index (χ3n) is 3.47. The van der Waals surface area contributed by atoms with E-state index in [-0.39, 0.29) is 42.5 Å². The summed E-state index contributed by atoms with van der Waals surface area (Å²) in [6.45, 7) is 5.97. The number of pyridine rings is 1. The van der Waals surface area contributed by atoms with Crippen LogP contribution in [0.15, 0.2) is 34.0 Å². The summed E-state index contributed by atoms with van der Waals surface area (Å²) in [5, 5.41) is 6.12. The highest BCUT2D eigenvalue weighted by atomic mass is 32.2. The third-order valence-corrected chi connectivity index (χ3v) is 6.11. The molecule has 0 bridgehead atoms. The normalized spacial score (nSPS) is 14.6. The van der Waals surface area contributed by atoms with Crippen LogP contribution in [-0.4, -0.2) is 38.0 Å². The molecule has 2 aromatic heterocycles. The fourth-order valence-corrected chi connectivity index (χ4v) is 4.84. The van der Waals surface area contributed by atoms with E-state index in [9.17, 15) is 13.2 Å². The van der Waals surface area contributed by atoms with E-state index in [1.165, 1.54) is 27.9 Å². The molecular weight excluding hydrogens is 362 g/mol. The molecule has 1 aliphatic heterocycles. The number of aromatic nitrogens is 1. The molecule has 0 radical (unpaired) electrons. The lowest BCUT2D eigenvalue weighted by Gasteiger charge is -2.29. The molecule has 0 spiro atoms. The van der Waals surface area contributed by atoms with E-state index < -0.39 is 15.6 Å². The number of ether oxygens (including phenoxy) is 1. The zero-order valence-electron chi connectivity index (χ0n) is 14.1. The van der Waals surface area contributed by atoms with Gasteiger partial charge in [0.1, 0.15) is 12.3 Å². The van der Waals surface area contributed by atoms with Crippen molar-refractivity contribution < 1.29 is 19.4 Å². The second kappa shape index (κ2) is 6.30. The average molecular weight is 383 g/mol. The fourth-order valence-electron chi connectivity index (χ4n) is 2.39. The first kappa shape index (κ1) is 17.7. The minimum Gasteiger partial charge on any atom is -0.474 e. The molecule has 0 aliphatic carbocycles. The lowest BCUT2D eigenvalue weighted by Crippen LogP contribution is -2.41. The summed E-state index contributed by atoms with van der Waals surface area (Å²) in [7, 11) is -3.72. The van der Waals surface area contributed by atoms with Crippen molar-refractivity contribution in [2.24, 2.45) is 0 Å². The molecule has 7 nitrogen and oxygen atoms in total. The third kappa shape index (κ3) is 3.62. The fraction of sp³-hybridized carbons (Fsp3) is 0.375. The van der Waals surface area contributed by atoms with Crippen molar-refractivity contribution in [1.82, 2.24) is 10.3 Å². The van der Waals surface area contributed by atoms with Gasteiger partial charge in [-0.05, 0) is 38.3 Å². The van der Waals surface area contributed by atoms with Crippen molar-refractivity contribution in [3.63, 3.8) is 0 Å². The monoisotopic (exact) mass is 383 g/mol. The summed E-state index contributed by atoms with van der Waals surface area (Å²) >= 11 is 1.31. The molecule has 9 heteroatoms. The number of hydrogen-bond donors (Lipinski definition) is 1. The minimum atomic E-state index is -3.72. The Morgan fingerprint density at radius 1 is 1.44 bits per heavy atom. The molecule has 1 aliphatic rings. The van der Waals surface area contributed by atoms with Crippen LogP contribution < -0.4 is 14.4 Å². The quantitative estimate of drug-likeness (QED) is 0.880. The number of nitrogens with zero attached hydrogens (tertiary/aromatic N) is 2. The maximum atomic E-state index is 12.9. The number of nitrogens with one attached hydrogen (secondary N) is 1. The Kier molecular flexibility index (Phi) is 4.46. The Labute approximate surface area is 152 Å². The molecule has 0 saturated carbocycles. The number of carbonyl (C=O) groups is 1. The second-order valence-corrected chi connectivity index (χ2v) is 9.28. The van der Waals surface area contributed by atoms with Crippen molar-refractivity contribution >= 4 is 33.0 Å². The number of rotatable bonds is 3. The highest BCUT2D eigenvalue weighted by Gasteiger charge is 2.32. The summed E-state index contributed by atoms with van der Waals surface area (Å²) < 4.78 is 32.4. The SMILES string of the molecule is CC(C)(C)NC(=O)c1cnc2c(c1)N(S(=O)(=O)c1ccsc1)CCO2.[HH]. The summed E-state index contributed by atoms with van der Waals surface area (Å²) in [5.74, 6) is -0.112. The average Bonchev–Trinajstić information content (AvgIpc) is 3.07. The van der Waals surface area contributed by atoms with Crippen LogP contribution in [0.3, 0.4) is 0 Å². The Hall–Kier alpha value is -2.13. The van der Waals surface area contributed by atoms with Crippen LogP contribution in [0, 0.1) is 0 Å². The summed E-state index contributed by atoms with van der Waals surface area (Å²) in [6, 6.07) is 3.06. The molecule has 136 valence electrons. The van der Waals surface area contributed by atoms with Gasteiger partial charge in [-0.15, -0.1) is 0 Å². The van der Waals surface area contributed by atoms with Gasteiger partial charge in [-0.2, -0.15) is 11.3 Å². The van der Waals surface area contributed by atoms with Gasteiger partial charge in [-0.25, -0.2) is 13.4 Å². The number of sulfonamides is 1. The van der Waals surface area contributed by atoms with E-state index in [1.807, 2.05) is 20.8 Å². The Bertz CT molecular complexity index is 893. The van der Waals surface area contributed by atoms with Gasteiger partial charge in [0.2, 0.25) is 5.88 Å². The lowest BCUT2D eigenvalue weighted by atomic mass is 10.1. The highest BCUT2D eigenvalue weighted by Crippen LogP contribution is 2.34. The number of fused-ring (bicyclic) bond motifs is 1. The predicted octanol–water partition coefficient (Wildman–Crippen LogP) is 2.51. The van der Waals surface area contributed by atoms with Gasteiger partial charge in [0, 0.05) is 18.5 Å². The minimum absolute atomic E-state index is 0. The summed E-state index contributed by atoms with van der Waals surface area (Å²) in [6.07, 6.45) is 1.39. The molecule has 3 rings (SSSR count). The van der Waals surface area contributed by atoms with Gasteiger partial charge >= 0.3 is 0 Å². The highest BCUT2D eigenvalue weighted by molar-refractivity contribution is 7.93. The molecule has 0 unspecified atom stereocenters. The Morgan fingerprint density at radius 3 is 2.84 bits per heavy atom. The van der Waals surface area contributed by atoms with E-state index in [4.69, 9.17) is 4.74 Å². The van der Waals surface area contributed by atoms with Gasteiger partial charge in [0.05, 0.1) is 17.0 Å². The first-order valence-corrected chi connectivity index (χ1v) is 10.1. The van der Waals surface area contributed by atoms with Crippen molar-refractivity contribution in [3.05, 3.63) is 34.7 Å². The molecule has 25 heavy (non-hydrogen) atoms. The van der Waals surface area contributed by atoms with Gasteiger partial charge in [-0.3, -0.25) is 9.10 Å². The zero-order valence-corrected chi connectivity index (χ0v) is 15.8.